The first kappa shape index (κ1) is 22.4. The van der Waals surface area contributed by atoms with E-state index in [0.717, 1.165) is 0 Å². The van der Waals surface area contributed by atoms with Crippen LogP contribution < -0.4 is 51.4 Å². The van der Waals surface area contributed by atoms with Gasteiger partial charge < -0.3 is 30.6 Å². The van der Waals surface area contributed by atoms with Crippen LogP contribution in [-0.2, 0) is 27.7 Å². The fraction of sp³-hybridized carbons (Fsp3) is 0. The molecule has 0 aromatic heterocycles. The van der Waals surface area contributed by atoms with E-state index in [2.05, 4.69) is 0 Å². The van der Waals surface area contributed by atoms with E-state index in [1.165, 1.54) is 0 Å². The number of nitrogens with zero attached hydrogens (tertiary/aromatic N) is 2. The smallest absolute Gasteiger partial charge is 0.356 e. The third-order valence-electron chi connectivity index (χ3n) is 0. The van der Waals surface area contributed by atoms with E-state index in [0.29, 0.717) is 0 Å². The first-order valence-electron chi connectivity index (χ1n) is 1.10. The average Bonchev–Trinajstić information content (AvgIpc) is 1.25. The van der Waals surface area contributed by atoms with Crippen LogP contribution >= 0.6 is 0 Å². The maximum atomic E-state index is 8.25. The molecule has 1 radical (unpaired) electrons. The van der Waals surface area contributed by atoms with Gasteiger partial charge in [0.1, 0.15) is 0 Å². The second-order valence-corrected chi connectivity index (χ2v) is 0.447. The Morgan fingerprint density at radius 1 is 0.800 bits per heavy atom. The largest absolute Gasteiger partial charge is 1.00 e. The minimum absolute atomic E-state index is 0. The second-order valence-electron chi connectivity index (χ2n) is 0.447. The molecule has 10 heteroatoms. The molecule has 0 unspecified atom stereocenters. The molecule has 0 aliphatic carbocycles. The van der Waals surface area contributed by atoms with Crippen molar-refractivity contribution in [1.29, 1.82) is 0 Å². The minimum Gasteiger partial charge on any atom is -0.356 e. The van der Waals surface area contributed by atoms with Gasteiger partial charge in [0.25, 0.3) is 0 Å². The maximum absolute atomic E-state index is 8.25. The van der Waals surface area contributed by atoms with Gasteiger partial charge in [-0.15, -0.1) is 0 Å². The zero-order chi connectivity index (χ0) is 7.15. The zero-order valence-electron chi connectivity index (χ0n) is 5.05. The number of hydrogen-bond donors (Lipinski definition) is 0. The molecule has 0 aromatic carbocycles. The van der Waals surface area contributed by atoms with Crippen molar-refractivity contribution in [2.45, 2.75) is 0 Å². The first-order valence-corrected chi connectivity index (χ1v) is 1.10. The van der Waals surface area contributed by atoms with Crippen molar-refractivity contribution < 1.29 is 89.2 Å². The van der Waals surface area contributed by atoms with Gasteiger partial charge in [-0.3, -0.25) is 0 Å². The molecule has 0 aromatic rings. The molecule has 0 rings (SSSR count). The summed E-state index contributed by atoms with van der Waals surface area (Å²) in [5.74, 6) is 0. The SMILES string of the molecule is O=[N+]([O-])[O-].O=[N+]([O-])[O-].[Hg+].[K+]. The molecular weight excluding hydrogens is 364 g/mol. The van der Waals surface area contributed by atoms with Crippen LogP contribution in [0.4, 0.5) is 0 Å². The van der Waals surface area contributed by atoms with Crippen LogP contribution in [0, 0.1) is 30.6 Å². The van der Waals surface area contributed by atoms with Crippen molar-refractivity contribution in [2.75, 3.05) is 0 Å². The average molecular weight is 364 g/mol. The topological polar surface area (TPSA) is 132 Å². The van der Waals surface area contributed by atoms with Gasteiger partial charge in [-0.2, -0.15) is 0 Å². The number of hydrogen-bond acceptors (Lipinski definition) is 6. The van der Waals surface area contributed by atoms with Crippen LogP contribution in [0.1, 0.15) is 0 Å². The molecule has 0 fully saturated rings. The Morgan fingerprint density at radius 2 is 0.800 bits per heavy atom. The number of rotatable bonds is 0. The van der Waals surface area contributed by atoms with E-state index in [1.54, 1.807) is 0 Å². The Morgan fingerprint density at radius 3 is 0.800 bits per heavy atom. The summed E-state index contributed by atoms with van der Waals surface area (Å²) in [6, 6.07) is 0. The summed E-state index contributed by atoms with van der Waals surface area (Å²) in [4.78, 5) is 16.5. The molecule has 0 spiro atoms. The molecule has 10 heavy (non-hydrogen) atoms. The van der Waals surface area contributed by atoms with E-state index >= 15 is 0 Å². The molecule has 8 nitrogen and oxygen atoms in total. The van der Waals surface area contributed by atoms with Crippen LogP contribution in [0.3, 0.4) is 0 Å². The Hall–Kier alpha value is 0.971. The van der Waals surface area contributed by atoms with Gasteiger partial charge in [0.15, 0.2) is 0 Å². The van der Waals surface area contributed by atoms with E-state index < -0.39 is 10.2 Å². The summed E-state index contributed by atoms with van der Waals surface area (Å²) in [6.07, 6.45) is 0. The molecule has 0 bridgehead atoms. The molecule has 0 aliphatic rings. The fourth-order valence-electron chi connectivity index (χ4n) is 0. The Bertz CT molecular complexity index is 73.7. The second kappa shape index (κ2) is 16.5. The van der Waals surface area contributed by atoms with Gasteiger partial charge in [-0.25, -0.2) is 0 Å². The quantitative estimate of drug-likeness (QED) is 0.249. The van der Waals surface area contributed by atoms with Gasteiger partial charge in [0.05, 0.1) is 10.2 Å². The summed E-state index contributed by atoms with van der Waals surface area (Å²) in [5.41, 5.74) is 0. The van der Waals surface area contributed by atoms with Crippen LogP contribution in [0.15, 0.2) is 0 Å². The third kappa shape index (κ3) is 604. The van der Waals surface area contributed by atoms with Crippen molar-refractivity contribution >= 4 is 0 Å². The molecule has 0 heterocycles. The summed E-state index contributed by atoms with van der Waals surface area (Å²) in [7, 11) is 0. The van der Waals surface area contributed by atoms with E-state index in [-0.39, 0.29) is 79.1 Å². The fourth-order valence-corrected chi connectivity index (χ4v) is 0. The van der Waals surface area contributed by atoms with E-state index in [1.807, 2.05) is 0 Å². The molecule has 0 N–H and O–H groups in total. The van der Waals surface area contributed by atoms with Crippen molar-refractivity contribution in [3.8, 4) is 0 Å². The van der Waals surface area contributed by atoms with Gasteiger partial charge in [-0.1, -0.05) is 0 Å². The Labute approximate surface area is 118 Å². The third-order valence-corrected chi connectivity index (χ3v) is 0. The van der Waals surface area contributed by atoms with Crippen molar-refractivity contribution in [3.63, 3.8) is 0 Å². The van der Waals surface area contributed by atoms with E-state index in [4.69, 9.17) is 30.6 Å². The van der Waals surface area contributed by atoms with Crippen LogP contribution in [0.2, 0.25) is 0 Å². The molecular formula is HgKN2O6. The van der Waals surface area contributed by atoms with Crippen molar-refractivity contribution in [2.24, 2.45) is 0 Å². The molecule has 0 amide bonds. The Kier molecular flexibility index (Phi) is 37.1. The Balaban J connectivity index is -0.0000000300. The normalized spacial score (nSPS) is 4.80. The zero-order valence-corrected chi connectivity index (χ0v) is 13.7. The van der Waals surface area contributed by atoms with Crippen molar-refractivity contribution in [3.05, 3.63) is 30.6 Å². The van der Waals surface area contributed by atoms with E-state index in [9.17, 15) is 0 Å². The summed E-state index contributed by atoms with van der Waals surface area (Å²) in [5, 5.41) is 29.5. The van der Waals surface area contributed by atoms with Crippen LogP contribution in [-0.4, -0.2) is 10.2 Å². The molecule has 0 saturated carbocycles. The van der Waals surface area contributed by atoms with Crippen molar-refractivity contribution in [1.82, 2.24) is 0 Å². The standard InChI is InChI=1S/Hg.K.2NO3/c;;2*2-1(3)4/q2*+1;2*-1. The summed E-state index contributed by atoms with van der Waals surface area (Å²) in [6.45, 7) is 0. The molecule has 49 valence electrons. The van der Waals surface area contributed by atoms with Crippen LogP contribution in [0.25, 0.3) is 0 Å². The molecule has 0 aliphatic heterocycles. The van der Waals surface area contributed by atoms with Gasteiger partial charge >= 0.3 is 79.1 Å². The monoisotopic (exact) mass is 365 g/mol. The minimum atomic E-state index is -1.75. The molecule has 0 atom stereocenters. The summed E-state index contributed by atoms with van der Waals surface area (Å²) < 4.78 is 0. The summed E-state index contributed by atoms with van der Waals surface area (Å²) >= 11 is 0. The van der Waals surface area contributed by atoms with Gasteiger partial charge in [0, 0.05) is 0 Å². The predicted octanol–water partition coefficient (Wildman–Crippen LogP) is -3.48. The predicted molar refractivity (Wildman–Crippen MR) is 20.7 cm³/mol. The molecule has 0 saturated heterocycles. The first-order chi connectivity index (χ1) is 3.46. The van der Waals surface area contributed by atoms with Gasteiger partial charge in [0.2, 0.25) is 0 Å². The van der Waals surface area contributed by atoms with Crippen LogP contribution in [0.5, 0.6) is 0 Å². The maximum Gasteiger partial charge on any atom is 1.00 e. The van der Waals surface area contributed by atoms with Gasteiger partial charge in [-0.05, 0) is 0 Å².